The summed E-state index contributed by atoms with van der Waals surface area (Å²) < 4.78 is 8.52. The highest BCUT2D eigenvalue weighted by Crippen LogP contribution is 2.21. The van der Waals surface area contributed by atoms with E-state index in [1.54, 1.807) is 9.03 Å². The van der Waals surface area contributed by atoms with E-state index in [0.717, 1.165) is 20.2 Å². The lowest BCUT2D eigenvalue weighted by atomic mass is 10.3. The summed E-state index contributed by atoms with van der Waals surface area (Å²) in [5, 5.41) is 16.9. The highest BCUT2D eigenvalue weighted by Gasteiger charge is 2.05. The smallest absolute Gasteiger partial charge is 0.429 e. The number of aryl methyl sites for hydroxylation is 1. The number of halogens is 3. The third kappa shape index (κ3) is 5.11. The van der Waals surface area contributed by atoms with Crippen LogP contribution in [0, 0.1) is 10.5 Å². The van der Waals surface area contributed by atoms with E-state index in [1.807, 2.05) is 55.7 Å². The van der Waals surface area contributed by atoms with Gasteiger partial charge in [0, 0.05) is 25.1 Å². The number of rotatable bonds is 1. The van der Waals surface area contributed by atoms with E-state index in [9.17, 15) is 0 Å². The highest BCUT2D eigenvalue weighted by atomic mass is 127. The molecule has 0 atom stereocenters. The Morgan fingerprint density at radius 1 is 1.00 bits per heavy atom. The van der Waals surface area contributed by atoms with Crippen LogP contribution in [0.1, 0.15) is 5.56 Å². The molecule has 1 N–H and O–H groups in total. The Labute approximate surface area is 175 Å². The quantitative estimate of drug-likeness (QED) is 0.314. The van der Waals surface area contributed by atoms with E-state index in [0.29, 0.717) is 18.0 Å². The minimum Gasteiger partial charge on any atom is -0.429 e. The summed E-state index contributed by atoms with van der Waals surface area (Å²) >= 11 is 13.8. The summed E-state index contributed by atoms with van der Waals surface area (Å²) in [5.41, 5.74) is 3.16. The fourth-order valence-corrected chi connectivity index (χ4v) is 2.92. The van der Waals surface area contributed by atoms with E-state index in [2.05, 4.69) is 37.4 Å². The summed E-state index contributed by atoms with van der Waals surface area (Å²) in [6, 6.07) is 11.8. The van der Waals surface area contributed by atoms with E-state index < -0.39 is 0 Å². The van der Waals surface area contributed by atoms with Crippen LogP contribution in [-0.2, 0) is 4.65 Å². The molecule has 0 unspecified atom stereocenters. The van der Waals surface area contributed by atoms with E-state index >= 15 is 0 Å². The van der Waals surface area contributed by atoms with Gasteiger partial charge in [-0.15, -0.1) is 0 Å². The summed E-state index contributed by atoms with van der Waals surface area (Å²) in [6.45, 7) is 1.96. The Kier molecular flexibility index (Phi) is 8.17. The summed E-state index contributed by atoms with van der Waals surface area (Å²) in [6.07, 6.45) is 3.76. The second kappa shape index (κ2) is 10.1. The molecule has 0 aliphatic rings. The van der Waals surface area contributed by atoms with Gasteiger partial charge in [-0.1, -0.05) is 35.3 Å². The van der Waals surface area contributed by atoms with Crippen molar-refractivity contribution in [3.63, 3.8) is 0 Å². The highest BCUT2D eigenvalue weighted by molar-refractivity contribution is 14.1. The molecule has 0 saturated carbocycles. The lowest BCUT2D eigenvalue weighted by Gasteiger charge is -1.89. The fourth-order valence-electron chi connectivity index (χ4n) is 2.03. The molecular weight excluding hydrogens is 489 g/mol. The first-order chi connectivity index (χ1) is 12.5. The Hall–Kier alpha value is -1.33. The molecule has 4 aromatic rings. The Bertz CT molecular complexity index is 913. The van der Waals surface area contributed by atoms with Gasteiger partial charge in [0.25, 0.3) is 0 Å². The average molecular weight is 504 g/mol. The molecule has 4 aromatic heterocycles. The number of hydrogen-bond acceptors (Lipinski definition) is 4. The molecule has 0 fully saturated rings. The third-order valence-corrected chi connectivity index (χ3v) is 5.28. The third-order valence-electron chi connectivity index (χ3n) is 3.27. The van der Waals surface area contributed by atoms with Gasteiger partial charge >= 0.3 is 7.69 Å². The monoisotopic (exact) mass is 503 g/mol. The van der Waals surface area contributed by atoms with Crippen LogP contribution in [-0.4, -0.2) is 39.0 Å². The van der Waals surface area contributed by atoms with Crippen molar-refractivity contribution in [1.29, 1.82) is 0 Å². The van der Waals surface area contributed by atoms with Crippen molar-refractivity contribution in [2.24, 2.45) is 0 Å². The van der Waals surface area contributed by atoms with Gasteiger partial charge in [0.05, 0.1) is 14.6 Å². The van der Waals surface area contributed by atoms with Crippen LogP contribution in [0.4, 0.5) is 0 Å². The molecule has 0 amide bonds. The maximum absolute atomic E-state index is 7.53. The summed E-state index contributed by atoms with van der Waals surface area (Å²) in [4.78, 5) is 0. The first-order valence-electron chi connectivity index (χ1n) is 7.36. The number of hydrogen-bond donors (Lipinski definition) is 1. The zero-order chi connectivity index (χ0) is 19.1. The molecule has 0 bridgehead atoms. The van der Waals surface area contributed by atoms with E-state index in [-0.39, 0.29) is 0 Å². The molecule has 6 nitrogen and oxygen atoms in total. The standard InChI is InChI=1S/C8H7ClN2.C7H4ClIN2.CH4BO2/c1-6-7-4-2-3-5-11(7)10-8(6)9;8-7-6(9)5-3-1-2-4-11(5)10-7;1-4-2-3/h2-5H,1H3;1-4H;3H,1H3. The lowest BCUT2D eigenvalue weighted by molar-refractivity contribution is 0.360. The molecule has 135 valence electrons. The van der Waals surface area contributed by atoms with Crippen LogP contribution >= 0.6 is 45.8 Å². The number of aromatic nitrogens is 4. The van der Waals surface area contributed by atoms with Gasteiger partial charge < -0.3 is 9.68 Å². The second-order valence-corrected chi connectivity index (χ2v) is 6.72. The second-order valence-electron chi connectivity index (χ2n) is 4.92. The van der Waals surface area contributed by atoms with Crippen LogP contribution in [0.25, 0.3) is 11.0 Å². The van der Waals surface area contributed by atoms with Gasteiger partial charge in [-0.2, -0.15) is 10.2 Å². The van der Waals surface area contributed by atoms with Crippen LogP contribution < -0.4 is 0 Å². The maximum Gasteiger partial charge on any atom is 0.484 e. The molecule has 26 heavy (non-hydrogen) atoms. The van der Waals surface area contributed by atoms with Crippen molar-refractivity contribution in [2.45, 2.75) is 6.92 Å². The number of fused-ring (bicyclic) bond motifs is 2. The lowest BCUT2D eigenvalue weighted by Crippen LogP contribution is -1.86. The van der Waals surface area contributed by atoms with Crippen LogP contribution in [0.3, 0.4) is 0 Å². The largest absolute Gasteiger partial charge is 0.484 e. The molecule has 0 aliphatic carbocycles. The molecule has 0 aromatic carbocycles. The van der Waals surface area contributed by atoms with Gasteiger partial charge in [0.1, 0.15) is 0 Å². The molecule has 0 spiro atoms. The number of pyridine rings is 2. The van der Waals surface area contributed by atoms with Crippen LogP contribution in [0.2, 0.25) is 10.3 Å². The normalized spacial score (nSPS) is 10.1. The van der Waals surface area contributed by atoms with Crippen molar-refractivity contribution < 1.29 is 9.68 Å². The maximum atomic E-state index is 7.53. The minimum atomic E-state index is 0.566. The predicted octanol–water partition coefficient (Wildman–Crippen LogP) is 4.05. The Morgan fingerprint density at radius 2 is 1.50 bits per heavy atom. The van der Waals surface area contributed by atoms with Crippen molar-refractivity contribution >= 4 is 64.5 Å². The predicted molar refractivity (Wildman–Crippen MR) is 113 cm³/mol. The van der Waals surface area contributed by atoms with Crippen LogP contribution in [0.5, 0.6) is 0 Å². The van der Waals surface area contributed by atoms with Gasteiger partial charge in [0.15, 0.2) is 10.3 Å². The molecular formula is C16H15BCl2IN4O2. The first kappa shape index (κ1) is 21.0. The van der Waals surface area contributed by atoms with Gasteiger partial charge in [-0.05, 0) is 53.8 Å². The first-order valence-corrected chi connectivity index (χ1v) is 9.19. The Morgan fingerprint density at radius 3 is 2.00 bits per heavy atom. The van der Waals surface area contributed by atoms with Crippen molar-refractivity contribution in [2.75, 3.05) is 7.11 Å². The molecule has 10 heteroatoms. The van der Waals surface area contributed by atoms with Crippen molar-refractivity contribution in [3.8, 4) is 0 Å². The SMILES string of the molecule is CO[B]O.Cc1c(Cl)nn2ccccc12.Clc1nn2ccccc2c1I. The fraction of sp³-hybridized carbons (Fsp3) is 0.125. The Balaban J connectivity index is 0.000000156. The summed E-state index contributed by atoms with van der Waals surface area (Å²) in [5.74, 6) is 0. The minimum absolute atomic E-state index is 0.566. The molecule has 0 saturated heterocycles. The number of nitrogens with zero attached hydrogens (tertiary/aromatic N) is 4. The molecule has 1 radical (unpaired) electrons. The van der Waals surface area contributed by atoms with E-state index in [4.69, 9.17) is 28.2 Å². The van der Waals surface area contributed by atoms with Gasteiger partial charge in [-0.25, -0.2) is 9.03 Å². The van der Waals surface area contributed by atoms with Gasteiger partial charge in [-0.3, -0.25) is 0 Å². The van der Waals surface area contributed by atoms with Gasteiger partial charge in [0.2, 0.25) is 0 Å². The van der Waals surface area contributed by atoms with Crippen LogP contribution in [0.15, 0.2) is 48.8 Å². The molecule has 0 aliphatic heterocycles. The van der Waals surface area contributed by atoms with E-state index in [1.165, 1.54) is 7.11 Å². The summed E-state index contributed by atoms with van der Waals surface area (Å²) in [7, 11) is 2.00. The zero-order valence-electron chi connectivity index (χ0n) is 14.0. The van der Waals surface area contributed by atoms with Crippen molar-refractivity contribution in [1.82, 2.24) is 19.2 Å². The topological polar surface area (TPSA) is 64.1 Å². The molecule has 4 heterocycles. The zero-order valence-corrected chi connectivity index (χ0v) is 17.6. The average Bonchev–Trinajstić information content (AvgIpc) is 3.12. The van der Waals surface area contributed by atoms with Crippen molar-refractivity contribution in [3.05, 3.63) is 68.2 Å². The molecule has 4 rings (SSSR count).